The van der Waals surface area contributed by atoms with Gasteiger partial charge in [-0.2, -0.15) is 28.8 Å². The lowest BCUT2D eigenvalue weighted by molar-refractivity contribution is -0.193. The van der Waals surface area contributed by atoms with Crippen molar-refractivity contribution in [1.82, 2.24) is 40.9 Å². The van der Waals surface area contributed by atoms with E-state index >= 15 is 0 Å². The van der Waals surface area contributed by atoms with Crippen LogP contribution in [0.5, 0.6) is 0 Å². The lowest BCUT2D eigenvalue weighted by Gasteiger charge is -2.34. The number of nitrogens with one attached hydrogen (secondary N) is 4. The van der Waals surface area contributed by atoms with Crippen molar-refractivity contribution >= 4 is 83.6 Å². The van der Waals surface area contributed by atoms with Gasteiger partial charge in [0.2, 0.25) is 47.3 Å². The van der Waals surface area contributed by atoms with E-state index in [1.165, 1.54) is 14.7 Å². The summed E-state index contributed by atoms with van der Waals surface area (Å²) in [7, 11) is 0. The number of benzene rings is 1. The van der Waals surface area contributed by atoms with Gasteiger partial charge in [-0.25, -0.2) is 0 Å². The molecule has 0 aliphatic heterocycles. The highest BCUT2D eigenvalue weighted by atomic mass is 16.4. The highest BCUT2D eigenvalue weighted by Gasteiger charge is 2.36. The van der Waals surface area contributed by atoms with Crippen molar-refractivity contribution < 1.29 is 96.8 Å². The van der Waals surface area contributed by atoms with Crippen LogP contribution in [0.3, 0.4) is 0 Å². The molecule has 1 aromatic rings. The zero-order valence-electron chi connectivity index (χ0n) is 60.9. The van der Waals surface area contributed by atoms with Crippen LogP contribution in [0, 0.1) is 0 Å². The Morgan fingerprint density at radius 3 is 1.00 bits per heavy atom. The molecule has 0 radical (unpaired) electrons. The number of carboxylic acids is 3. The summed E-state index contributed by atoms with van der Waals surface area (Å²) < 4.78 is 0. The second-order valence-electron chi connectivity index (χ2n) is 27.3. The molecule has 28 nitrogen and oxygen atoms in total. The first-order valence-electron chi connectivity index (χ1n) is 34.6. The summed E-state index contributed by atoms with van der Waals surface area (Å²) in [5.41, 5.74) is -1.13. The first-order chi connectivity index (χ1) is 46.5. The van der Waals surface area contributed by atoms with Crippen molar-refractivity contribution in [2.75, 3.05) is 32.7 Å². The molecule has 4 unspecified atom stereocenters. The minimum Gasteiger partial charge on any atom is -0.481 e. The second kappa shape index (κ2) is 54.4. The van der Waals surface area contributed by atoms with Gasteiger partial charge in [0.05, 0.1) is 0 Å². The average molecular weight is 1400 g/mol. The van der Waals surface area contributed by atoms with Crippen molar-refractivity contribution in [3.8, 4) is 0 Å². The van der Waals surface area contributed by atoms with Crippen molar-refractivity contribution in [2.24, 2.45) is 0 Å². The van der Waals surface area contributed by atoms with Crippen LogP contribution in [0.1, 0.15) is 256 Å². The molecule has 560 valence electrons. The summed E-state index contributed by atoms with van der Waals surface area (Å²) in [6.07, 6.45) is 8.56. The standard InChI is InChI=1S/C68H116N8O14.3CO2/c1-13-16-25-45-74(52(35-29-41-60(83)84)64(89)71-67(7,8)9)55(77)37-23-19-27-48-76(57(79)39-31-38-56(78)75(46-26-17-14-2)53(36-30-42-61(85)86)65(90)72-68(10,11)12)54(49-50-33-21-18-22-34-50)62(87)69-44-43-58(80)73(47-28-20-24-40-59(81)82)51(32-15-3)63(88)70-66(4,5)6;3*2-1-3/h18,21-22,33-34,51-54H,13-17,19-20,23-32,35-49H2,1-12H3,(H,69,87)(H,70,88)(H,71,89)(H,72,90)(H,81,82)(H,83,84)(H,85,86);;;. The number of carbonyl (C=O) groups is 11. The van der Waals surface area contributed by atoms with Gasteiger partial charge in [-0.05, 0) is 145 Å². The van der Waals surface area contributed by atoms with E-state index in [1.807, 2.05) is 113 Å². The predicted molar refractivity (Wildman–Crippen MR) is 364 cm³/mol. The number of hydrogen-bond acceptors (Lipinski definition) is 17. The largest absolute Gasteiger partial charge is 0.481 e. The fraction of sp³-hybridized carbons (Fsp3) is 0.718. The molecule has 0 heterocycles. The molecule has 99 heavy (non-hydrogen) atoms. The third-order valence-corrected chi connectivity index (χ3v) is 15.1. The summed E-state index contributed by atoms with van der Waals surface area (Å²) >= 11 is 0. The number of carboxylic acid groups (broad SMARTS) is 3. The number of aliphatic carboxylic acids is 3. The van der Waals surface area contributed by atoms with Crippen molar-refractivity contribution in [2.45, 2.75) is 297 Å². The molecule has 0 aliphatic carbocycles. The van der Waals surface area contributed by atoms with Gasteiger partial charge in [0, 0.05) is 101 Å². The molecule has 0 aromatic heterocycles. The van der Waals surface area contributed by atoms with Crippen LogP contribution in [0.15, 0.2) is 30.3 Å². The smallest absolute Gasteiger partial charge is 0.373 e. The molecule has 1 aromatic carbocycles. The van der Waals surface area contributed by atoms with E-state index in [2.05, 4.69) is 21.3 Å². The fourth-order valence-electron chi connectivity index (χ4n) is 10.7. The van der Waals surface area contributed by atoms with Crippen LogP contribution in [0.4, 0.5) is 0 Å². The van der Waals surface area contributed by atoms with Crippen molar-refractivity contribution in [1.29, 1.82) is 0 Å². The summed E-state index contributed by atoms with van der Waals surface area (Å²) in [6, 6.07) is 5.31. The van der Waals surface area contributed by atoms with Gasteiger partial charge >= 0.3 is 36.4 Å². The van der Waals surface area contributed by atoms with E-state index in [4.69, 9.17) is 28.8 Å². The van der Waals surface area contributed by atoms with Crippen molar-refractivity contribution in [3.63, 3.8) is 0 Å². The summed E-state index contributed by atoms with van der Waals surface area (Å²) in [5.74, 6) is -6.08. The van der Waals surface area contributed by atoms with Gasteiger partial charge < -0.3 is 56.2 Å². The van der Waals surface area contributed by atoms with Gasteiger partial charge in [0.1, 0.15) is 24.2 Å². The number of amides is 8. The van der Waals surface area contributed by atoms with E-state index < -0.39 is 82.3 Å². The fourth-order valence-corrected chi connectivity index (χ4v) is 10.7. The maximum Gasteiger partial charge on any atom is 0.373 e. The molecule has 0 fully saturated rings. The van der Waals surface area contributed by atoms with Crippen LogP contribution in [-0.4, -0.2) is 192 Å². The molecule has 7 N–H and O–H groups in total. The topological polar surface area (TPSA) is 412 Å². The Kier molecular flexibility index (Phi) is 52.1. The quantitative estimate of drug-likeness (QED) is 0.0309. The first kappa shape index (κ1) is 94.7. The molecule has 0 spiro atoms. The number of rotatable bonds is 47. The SMILES string of the molecule is CCCCCN(C(=O)CCCCCN(C(=O)CCCC(=O)N(CCCCC)C(CCCC(=O)O)C(=O)NC(C)(C)C)C(Cc1ccccc1)C(=O)NCCC(=O)N(CCCCCC(=O)O)C(CCC)C(=O)NC(C)(C)C)C(CCCC(=O)O)C(=O)NC(C)(C)C.O=C=O.O=C=O.O=C=O. The Bertz CT molecular complexity index is 2660. The zero-order valence-corrected chi connectivity index (χ0v) is 60.9. The number of nitrogens with zero attached hydrogens (tertiary/aromatic N) is 4. The number of carbonyl (C=O) groups excluding carboxylic acids is 14. The Hall–Kier alpha value is -8.47. The van der Waals surface area contributed by atoms with E-state index in [0.717, 1.165) is 31.2 Å². The Morgan fingerprint density at radius 1 is 0.364 bits per heavy atom. The minimum atomic E-state index is -1.13. The Morgan fingerprint density at radius 2 is 0.667 bits per heavy atom. The van der Waals surface area contributed by atoms with Crippen molar-refractivity contribution in [3.05, 3.63) is 35.9 Å². The summed E-state index contributed by atoms with van der Waals surface area (Å²) in [4.78, 5) is 204. The zero-order chi connectivity index (χ0) is 76.2. The lowest BCUT2D eigenvalue weighted by Crippen LogP contribution is -2.54. The molecule has 4 atom stereocenters. The van der Waals surface area contributed by atoms with E-state index in [1.54, 1.807) is 4.90 Å². The summed E-state index contributed by atoms with van der Waals surface area (Å²) in [5, 5.41) is 40.1. The Labute approximate surface area is 585 Å². The van der Waals surface area contributed by atoms with E-state index in [0.29, 0.717) is 70.8 Å². The maximum atomic E-state index is 15.0. The van der Waals surface area contributed by atoms with Crippen LogP contribution < -0.4 is 21.3 Å². The normalized spacial score (nSPS) is 12.0. The second-order valence-corrected chi connectivity index (χ2v) is 27.3. The van der Waals surface area contributed by atoms with Gasteiger partial charge in [-0.3, -0.25) is 52.7 Å². The number of unbranched alkanes of at least 4 members (excludes halogenated alkanes) is 8. The van der Waals surface area contributed by atoms with E-state index in [9.17, 15) is 68.1 Å². The molecule has 0 bridgehead atoms. The molecular weight excluding hydrogens is 1280 g/mol. The third kappa shape index (κ3) is 48.0. The van der Waals surface area contributed by atoms with Crippen LogP contribution in [0.2, 0.25) is 0 Å². The van der Waals surface area contributed by atoms with Crippen LogP contribution >= 0.6 is 0 Å². The highest BCUT2D eigenvalue weighted by Crippen LogP contribution is 2.22. The first-order valence-corrected chi connectivity index (χ1v) is 34.6. The van der Waals surface area contributed by atoms with Crippen LogP contribution in [0.25, 0.3) is 0 Å². The highest BCUT2D eigenvalue weighted by molar-refractivity contribution is 5.91. The molecule has 0 aliphatic rings. The monoisotopic (exact) mass is 1400 g/mol. The summed E-state index contributed by atoms with van der Waals surface area (Å²) in [6.45, 7) is 23.1. The maximum absolute atomic E-state index is 15.0. The van der Waals surface area contributed by atoms with E-state index in [-0.39, 0.29) is 152 Å². The van der Waals surface area contributed by atoms with Gasteiger partial charge in [-0.1, -0.05) is 96.0 Å². The molecule has 8 amide bonds. The molecule has 28 heteroatoms. The molecule has 0 saturated carbocycles. The van der Waals surface area contributed by atoms with Gasteiger partial charge in [0.25, 0.3) is 0 Å². The predicted octanol–water partition coefficient (Wildman–Crippen LogP) is 7.58. The average Bonchev–Trinajstić information content (AvgIpc) is 0.866. The van der Waals surface area contributed by atoms with Crippen LogP contribution in [-0.2, 0) is 87.9 Å². The third-order valence-electron chi connectivity index (χ3n) is 15.1. The van der Waals surface area contributed by atoms with Gasteiger partial charge in [0.15, 0.2) is 0 Å². The molecular formula is C71H116N8O20. The minimum absolute atomic E-state index is 0.0333. The lowest BCUT2D eigenvalue weighted by atomic mass is 10.0. The van der Waals surface area contributed by atoms with Gasteiger partial charge in [-0.15, -0.1) is 0 Å². The number of hydrogen-bond donors (Lipinski definition) is 7. The molecule has 0 saturated heterocycles. The molecule has 1 rings (SSSR count). The Balaban J connectivity index is -0.00000966.